The minimum Gasteiger partial charge on any atom is -0.507 e. The van der Waals surface area contributed by atoms with Crippen molar-refractivity contribution in [2.24, 2.45) is 7.05 Å². The summed E-state index contributed by atoms with van der Waals surface area (Å²) in [7, 11) is 3.09. The summed E-state index contributed by atoms with van der Waals surface area (Å²) in [5, 5.41) is 19.1. The average Bonchev–Trinajstić information content (AvgIpc) is 2.49. The molecule has 1 aromatic heterocycles. The molecule has 6 heteroatoms. The molecule has 1 heterocycles. The Bertz CT molecular complexity index is 805. The molecule has 2 rings (SSSR count). The highest BCUT2D eigenvalue weighted by Gasteiger charge is 2.09. The molecular formula is C16H15NO5. The zero-order valence-corrected chi connectivity index (χ0v) is 12.1. The van der Waals surface area contributed by atoms with Gasteiger partial charge in [-0.15, -0.1) is 0 Å². The lowest BCUT2D eigenvalue weighted by Gasteiger charge is -2.05. The predicted octanol–water partition coefficient (Wildman–Crippen LogP) is 1.70. The number of phenols is 1. The van der Waals surface area contributed by atoms with Crippen LogP contribution >= 0.6 is 0 Å². The maximum absolute atomic E-state index is 12.1. The maximum atomic E-state index is 12.1. The number of allylic oxidation sites excluding steroid dienone is 1. The van der Waals surface area contributed by atoms with E-state index in [2.05, 4.69) is 0 Å². The van der Waals surface area contributed by atoms with Crippen molar-refractivity contribution in [1.29, 1.82) is 0 Å². The van der Waals surface area contributed by atoms with E-state index < -0.39 is 11.2 Å². The third-order valence-electron chi connectivity index (χ3n) is 3.13. The van der Waals surface area contributed by atoms with Crippen LogP contribution in [0.15, 0.2) is 41.3 Å². The number of ether oxygens (including phenoxy) is 1. The van der Waals surface area contributed by atoms with Crippen LogP contribution in [0.2, 0.25) is 0 Å². The van der Waals surface area contributed by atoms with Crippen LogP contribution in [0.5, 0.6) is 17.2 Å². The van der Waals surface area contributed by atoms with Gasteiger partial charge >= 0.3 is 0 Å². The first-order chi connectivity index (χ1) is 10.4. The Morgan fingerprint density at radius 3 is 2.59 bits per heavy atom. The summed E-state index contributed by atoms with van der Waals surface area (Å²) in [5.74, 6) is -0.521. The van der Waals surface area contributed by atoms with Crippen molar-refractivity contribution in [2.75, 3.05) is 7.11 Å². The van der Waals surface area contributed by atoms with E-state index in [0.717, 1.165) is 0 Å². The number of aryl methyl sites for hydroxylation is 1. The number of rotatable bonds is 4. The number of pyridine rings is 1. The van der Waals surface area contributed by atoms with Crippen LogP contribution in [0, 0.1) is 0 Å². The summed E-state index contributed by atoms with van der Waals surface area (Å²) in [6, 6.07) is 5.58. The van der Waals surface area contributed by atoms with Crippen molar-refractivity contribution >= 4 is 11.9 Å². The molecule has 0 spiro atoms. The second-order valence-electron chi connectivity index (χ2n) is 4.64. The first kappa shape index (κ1) is 15.4. The minimum absolute atomic E-state index is 0.126. The Hall–Kier alpha value is -3.02. The normalized spacial score (nSPS) is 10.8. The first-order valence-corrected chi connectivity index (χ1v) is 6.41. The summed E-state index contributed by atoms with van der Waals surface area (Å²) in [5.41, 5.74) is 0.0440. The number of hydrogen-bond acceptors (Lipinski definition) is 5. The van der Waals surface area contributed by atoms with Crippen LogP contribution in [0.25, 0.3) is 6.08 Å². The second kappa shape index (κ2) is 6.17. The van der Waals surface area contributed by atoms with Gasteiger partial charge in [-0.1, -0.05) is 0 Å². The van der Waals surface area contributed by atoms with E-state index >= 15 is 0 Å². The molecule has 0 bridgehead atoms. The smallest absolute Gasteiger partial charge is 0.223 e. The number of carbonyl (C=O) groups is 1. The van der Waals surface area contributed by atoms with E-state index in [1.807, 2.05) is 0 Å². The third kappa shape index (κ3) is 3.17. The fraction of sp³-hybridized carbons (Fsp3) is 0.125. The molecule has 1 aromatic carbocycles. The molecule has 22 heavy (non-hydrogen) atoms. The highest BCUT2D eigenvalue weighted by molar-refractivity contribution is 6.08. The Morgan fingerprint density at radius 1 is 1.23 bits per heavy atom. The number of carbonyl (C=O) groups excluding carboxylic acids is 1. The van der Waals surface area contributed by atoms with Crippen molar-refractivity contribution in [3.63, 3.8) is 0 Å². The molecule has 0 unspecified atom stereocenters. The first-order valence-electron chi connectivity index (χ1n) is 6.41. The molecule has 0 aliphatic rings. The quantitative estimate of drug-likeness (QED) is 0.663. The Balaban J connectivity index is 2.29. The second-order valence-corrected chi connectivity index (χ2v) is 4.64. The van der Waals surface area contributed by atoms with E-state index in [1.165, 1.54) is 48.2 Å². The van der Waals surface area contributed by atoms with Gasteiger partial charge in [0, 0.05) is 31.1 Å². The molecule has 0 atom stereocenters. The third-order valence-corrected chi connectivity index (χ3v) is 3.13. The van der Waals surface area contributed by atoms with Crippen molar-refractivity contribution in [3.8, 4) is 17.2 Å². The van der Waals surface area contributed by atoms with Crippen LogP contribution in [-0.2, 0) is 7.05 Å². The molecule has 2 aromatic rings. The summed E-state index contributed by atoms with van der Waals surface area (Å²) in [6.07, 6.45) is 3.94. The van der Waals surface area contributed by atoms with Crippen LogP contribution < -0.4 is 10.2 Å². The van der Waals surface area contributed by atoms with Crippen molar-refractivity contribution in [2.45, 2.75) is 0 Å². The van der Waals surface area contributed by atoms with E-state index in [-0.39, 0.29) is 17.1 Å². The number of aromatic hydroxyl groups is 2. The molecule has 0 fully saturated rings. The average molecular weight is 301 g/mol. The molecule has 114 valence electrons. The number of phenolic OH excluding ortho intramolecular Hbond substituents is 1. The molecule has 0 saturated carbocycles. The van der Waals surface area contributed by atoms with Gasteiger partial charge in [0.25, 0.3) is 0 Å². The number of nitrogens with zero attached hydrogens (tertiary/aromatic N) is 1. The van der Waals surface area contributed by atoms with Crippen molar-refractivity contribution < 1.29 is 19.7 Å². The number of benzene rings is 1. The Morgan fingerprint density at radius 2 is 1.95 bits per heavy atom. The van der Waals surface area contributed by atoms with Gasteiger partial charge in [-0.3, -0.25) is 9.59 Å². The lowest BCUT2D eigenvalue weighted by Crippen LogP contribution is -2.06. The summed E-state index contributed by atoms with van der Waals surface area (Å²) in [6.45, 7) is 0. The molecule has 0 aliphatic heterocycles. The molecule has 0 radical (unpaired) electrons. The van der Waals surface area contributed by atoms with E-state index in [0.29, 0.717) is 11.4 Å². The Labute approximate surface area is 126 Å². The standard InChI is InChI=1S/C16H15NO5/c1-17-9-16(21)15(20)7-10(17)3-6-13(18)12-5-4-11(22-2)8-14(12)19/h3-9,19,21H,1-2H3. The molecular weight excluding hydrogens is 286 g/mol. The maximum Gasteiger partial charge on any atom is 0.223 e. The van der Waals surface area contributed by atoms with Crippen LogP contribution in [0.4, 0.5) is 0 Å². The fourth-order valence-electron chi connectivity index (χ4n) is 1.89. The van der Waals surface area contributed by atoms with Crippen molar-refractivity contribution in [1.82, 2.24) is 4.57 Å². The SMILES string of the molecule is COc1ccc(C(=O)C=Cc2cc(=O)c(O)cn2C)c(O)c1. The van der Waals surface area contributed by atoms with Crippen LogP contribution in [0.3, 0.4) is 0 Å². The van der Waals surface area contributed by atoms with Gasteiger partial charge in [0.2, 0.25) is 5.43 Å². The molecule has 2 N–H and O–H groups in total. The largest absolute Gasteiger partial charge is 0.507 e. The van der Waals surface area contributed by atoms with Gasteiger partial charge in [-0.25, -0.2) is 0 Å². The topological polar surface area (TPSA) is 88.8 Å². The number of hydrogen-bond donors (Lipinski definition) is 2. The number of aromatic nitrogens is 1. The van der Waals surface area contributed by atoms with E-state index in [1.54, 1.807) is 13.1 Å². The van der Waals surface area contributed by atoms with Gasteiger partial charge < -0.3 is 19.5 Å². The zero-order chi connectivity index (χ0) is 16.3. The van der Waals surface area contributed by atoms with Crippen LogP contribution in [-0.4, -0.2) is 27.7 Å². The summed E-state index contributed by atoms with van der Waals surface area (Å²) < 4.78 is 6.46. The fourth-order valence-corrected chi connectivity index (χ4v) is 1.89. The molecule has 6 nitrogen and oxygen atoms in total. The molecule has 0 saturated heterocycles. The monoisotopic (exact) mass is 301 g/mol. The molecule has 0 amide bonds. The minimum atomic E-state index is -0.530. The number of ketones is 1. The highest BCUT2D eigenvalue weighted by atomic mass is 16.5. The van der Waals surface area contributed by atoms with E-state index in [4.69, 9.17) is 4.74 Å². The zero-order valence-electron chi connectivity index (χ0n) is 12.1. The molecule has 0 aliphatic carbocycles. The number of methoxy groups -OCH3 is 1. The lowest BCUT2D eigenvalue weighted by atomic mass is 10.1. The van der Waals surface area contributed by atoms with Crippen LogP contribution in [0.1, 0.15) is 16.1 Å². The summed E-state index contributed by atoms with van der Waals surface area (Å²) in [4.78, 5) is 23.5. The van der Waals surface area contributed by atoms with Crippen molar-refractivity contribution in [3.05, 3.63) is 58.0 Å². The van der Waals surface area contributed by atoms with Gasteiger partial charge in [-0.2, -0.15) is 0 Å². The van der Waals surface area contributed by atoms with Gasteiger partial charge in [0.1, 0.15) is 11.5 Å². The van der Waals surface area contributed by atoms with Gasteiger partial charge in [0.15, 0.2) is 11.5 Å². The van der Waals surface area contributed by atoms with Gasteiger partial charge in [0.05, 0.1) is 12.7 Å². The predicted molar refractivity (Wildman–Crippen MR) is 81.4 cm³/mol. The lowest BCUT2D eigenvalue weighted by molar-refractivity contribution is 0.104. The van der Waals surface area contributed by atoms with E-state index in [9.17, 15) is 19.8 Å². The summed E-state index contributed by atoms with van der Waals surface area (Å²) >= 11 is 0. The Kier molecular flexibility index (Phi) is 4.31. The van der Waals surface area contributed by atoms with Gasteiger partial charge in [-0.05, 0) is 24.3 Å². The highest BCUT2D eigenvalue weighted by Crippen LogP contribution is 2.24.